The van der Waals surface area contributed by atoms with Crippen molar-refractivity contribution in [3.63, 3.8) is 0 Å². The highest BCUT2D eigenvalue weighted by molar-refractivity contribution is 5.83. The Kier molecular flexibility index (Phi) is 6.50. The van der Waals surface area contributed by atoms with Crippen LogP contribution in [0.4, 0.5) is 16.3 Å². The van der Waals surface area contributed by atoms with E-state index in [9.17, 15) is 4.79 Å². The summed E-state index contributed by atoms with van der Waals surface area (Å²) in [5.74, 6) is 0.854. The second kappa shape index (κ2) is 9.04. The van der Waals surface area contributed by atoms with Crippen LogP contribution in [0.1, 0.15) is 51.4 Å². The summed E-state index contributed by atoms with van der Waals surface area (Å²) in [4.78, 5) is 19.9. The highest BCUT2D eigenvalue weighted by Gasteiger charge is 2.26. The lowest BCUT2D eigenvalue weighted by molar-refractivity contribution is 0.187. The number of carbonyl (C=O) groups is 1. The Morgan fingerprint density at radius 2 is 1.68 bits per heavy atom. The Balaban J connectivity index is 0.000000401. The zero-order chi connectivity index (χ0) is 17.5. The first-order chi connectivity index (χ1) is 12.2. The van der Waals surface area contributed by atoms with Crippen LogP contribution >= 0.6 is 0 Å². The molecule has 1 aromatic rings. The number of rotatable bonds is 3. The Morgan fingerprint density at radius 3 is 2.24 bits per heavy atom. The van der Waals surface area contributed by atoms with Gasteiger partial charge in [-0.2, -0.15) is 0 Å². The standard InChI is InChI=1S/C15H22N4O2.C4H8/c20-15(21)17-12-5-6-16-14(11-12)19-9-7-18(8-10-19)13-3-1-2-4-13;1-2-4-3-1/h5-6,11,13H,1-4,7-10H2,(H,16,17)(H,20,21);1-4H2. The first kappa shape index (κ1) is 18.0. The summed E-state index contributed by atoms with van der Waals surface area (Å²) in [6, 6.07) is 4.26. The molecule has 1 saturated heterocycles. The molecule has 0 aromatic carbocycles. The van der Waals surface area contributed by atoms with E-state index in [-0.39, 0.29) is 0 Å². The second-order valence-corrected chi connectivity index (χ2v) is 7.21. The third-order valence-corrected chi connectivity index (χ3v) is 5.48. The van der Waals surface area contributed by atoms with Crippen LogP contribution in [0.3, 0.4) is 0 Å². The molecule has 2 heterocycles. The van der Waals surface area contributed by atoms with Gasteiger partial charge < -0.3 is 10.0 Å². The predicted octanol–water partition coefficient (Wildman–Crippen LogP) is 3.80. The van der Waals surface area contributed by atoms with Gasteiger partial charge in [-0.05, 0) is 18.9 Å². The van der Waals surface area contributed by atoms with E-state index in [1.54, 1.807) is 18.3 Å². The number of hydrogen-bond donors (Lipinski definition) is 2. The molecule has 3 fully saturated rings. The monoisotopic (exact) mass is 346 g/mol. The molecular weight excluding hydrogens is 316 g/mol. The van der Waals surface area contributed by atoms with E-state index < -0.39 is 6.09 Å². The van der Waals surface area contributed by atoms with Gasteiger partial charge in [0.25, 0.3) is 0 Å². The molecule has 6 heteroatoms. The fraction of sp³-hybridized carbons (Fsp3) is 0.684. The van der Waals surface area contributed by atoms with E-state index in [1.807, 2.05) is 0 Å². The minimum atomic E-state index is -1.04. The van der Waals surface area contributed by atoms with Gasteiger partial charge in [0, 0.05) is 50.2 Å². The van der Waals surface area contributed by atoms with Crippen LogP contribution < -0.4 is 10.2 Å². The van der Waals surface area contributed by atoms with Crippen molar-refractivity contribution in [2.45, 2.75) is 57.4 Å². The third-order valence-electron chi connectivity index (χ3n) is 5.48. The summed E-state index contributed by atoms with van der Waals surface area (Å²) in [7, 11) is 0. The van der Waals surface area contributed by atoms with E-state index in [4.69, 9.17) is 5.11 Å². The van der Waals surface area contributed by atoms with Crippen molar-refractivity contribution < 1.29 is 9.90 Å². The van der Waals surface area contributed by atoms with Crippen LogP contribution in [-0.4, -0.2) is 53.3 Å². The summed E-state index contributed by atoms with van der Waals surface area (Å²) in [6.07, 6.45) is 12.0. The Morgan fingerprint density at radius 1 is 1.04 bits per heavy atom. The number of aromatic nitrogens is 1. The van der Waals surface area contributed by atoms with Crippen LogP contribution in [0.25, 0.3) is 0 Å². The van der Waals surface area contributed by atoms with Gasteiger partial charge in [0.1, 0.15) is 5.82 Å². The maximum absolute atomic E-state index is 10.7. The molecule has 138 valence electrons. The number of nitrogens with one attached hydrogen (secondary N) is 1. The Bertz CT molecular complexity index is 544. The van der Waals surface area contributed by atoms with Crippen LogP contribution in [0, 0.1) is 0 Å². The second-order valence-electron chi connectivity index (χ2n) is 7.21. The molecule has 25 heavy (non-hydrogen) atoms. The van der Waals surface area contributed by atoms with Gasteiger partial charge in [0.05, 0.1) is 0 Å². The lowest BCUT2D eigenvalue weighted by Gasteiger charge is -2.38. The maximum Gasteiger partial charge on any atom is 0.409 e. The SMILES string of the molecule is C1CCC1.O=C(O)Nc1ccnc(N2CCN(C3CCCC3)CC2)c1. The van der Waals surface area contributed by atoms with E-state index >= 15 is 0 Å². The van der Waals surface area contributed by atoms with Gasteiger partial charge in [-0.1, -0.05) is 38.5 Å². The molecule has 1 amide bonds. The normalized spacial score (nSPS) is 21.2. The molecule has 0 atom stereocenters. The van der Waals surface area contributed by atoms with Gasteiger partial charge in [0.2, 0.25) is 0 Å². The minimum Gasteiger partial charge on any atom is -0.465 e. The lowest BCUT2D eigenvalue weighted by Crippen LogP contribution is -2.50. The molecule has 2 saturated carbocycles. The van der Waals surface area contributed by atoms with Crippen LogP contribution in [-0.2, 0) is 0 Å². The fourth-order valence-electron chi connectivity index (χ4n) is 3.63. The molecule has 6 nitrogen and oxygen atoms in total. The molecule has 1 aliphatic heterocycles. The van der Waals surface area contributed by atoms with E-state index in [0.29, 0.717) is 5.69 Å². The number of anilines is 2. The highest BCUT2D eigenvalue weighted by Crippen LogP contribution is 2.25. The summed E-state index contributed by atoms with van der Waals surface area (Å²) in [5.41, 5.74) is 0.575. The van der Waals surface area contributed by atoms with Gasteiger partial charge in [-0.15, -0.1) is 0 Å². The van der Waals surface area contributed by atoms with Gasteiger partial charge >= 0.3 is 6.09 Å². The summed E-state index contributed by atoms with van der Waals surface area (Å²) >= 11 is 0. The van der Waals surface area contributed by atoms with Crippen LogP contribution in [0.5, 0.6) is 0 Å². The van der Waals surface area contributed by atoms with Gasteiger partial charge in [-0.25, -0.2) is 9.78 Å². The molecule has 1 aromatic heterocycles. The smallest absolute Gasteiger partial charge is 0.409 e. The zero-order valence-corrected chi connectivity index (χ0v) is 15.0. The Hall–Kier alpha value is -1.82. The van der Waals surface area contributed by atoms with E-state index in [2.05, 4.69) is 20.1 Å². The molecule has 2 aliphatic carbocycles. The molecule has 3 aliphatic rings. The number of nitrogens with zero attached hydrogens (tertiary/aromatic N) is 3. The Labute approximate surface area is 150 Å². The topological polar surface area (TPSA) is 68.7 Å². The average molecular weight is 346 g/mol. The average Bonchev–Trinajstić information content (AvgIpc) is 3.07. The largest absolute Gasteiger partial charge is 0.465 e. The quantitative estimate of drug-likeness (QED) is 0.871. The number of carboxylic acid groups (broad SMARTS) is 1. The predicted molar refractivity (Wildman–Crippen MR) is 100 cm³/mol. The van der Waals surface area contributed by atoms with Crippen molar-refractivity contribution >= 4 is 17.6 Å². The highest BCUT2D eigenvalue weighted by atomic mass is 16.4. The summed E-state index contributed by atoms with van der Waals surface area (Å²) in [6.45, 7) is 4.06. The molecule has 0 unspecified atom stereocenters. The molecule has 2 N–H and O–H groups in total. The summed E-state index contributed by atoms with van der Waals surface area (Å²) in [5, 5.41) is 11.1. The first-order valence-corrected chi connectivity index (χ1v) is 9.67. The third kappa shape index (κ3) is 5.33. The van der Waals surface area contributed by atoms with Gasteiger partial charge in [0.15, 0.2) is 0 Å². The minimum absolute atomic E-state index is 0.575. The van der Waals surface area contributed by atoms with Crippen molar-refractivity contribution in [2.75, 3.05) is 36.4 Å². The van der Waals surface area contributed by atoms with Crippen LogP contribution in [0.2, 0.25) is 0 Å². The molecular formula is C19H30N4O2. The van der Waals surface area contributed by atoms with Crippen molar-refractivity contribution in [3.05, 3.63) is 18.3 Å². The van der Waals surface area contributed by atoms with E-state index in [1.165, 1.54) is 51.4 Å². The summed E-state index contributed by atoms with van der Waals surface area (Å²) < 4.78 is 0. The van der Waals surface area contributed by atoms with Crippen molar-refractivity contribution in [2.24, 2.45) is 0 Å². The van der Waals surface area contributed by atoms with Crippen molar-refractivity contribution in [1.82, 2.24) is 9.88 Å². The molecule has 0 bridgehead atoms. The van der Waals surface area contributed by atoms with Gasteiger partial charge in [-0.3, -0.25) is 10.2 Å². The number of amides is 1. The first-order valence-electron chi connectivity index (χ1n) is 9.67. The zero-order valence-electron chi connectivity index (χ0n) is 15.0. The van der Waals surface area contributed by atoms with Crippen molar-refractivity contribution in [1.29, 1.82) is 0 Å². The number of hydrogen-bond acceptors (Lipinski definition) is 4. The maximum atomic E-state index is 10.7. The van der Waals surface area contributed by atoms with E-state index in [0.717, 1.165) is 38.0 Å². The fourth-order valence-corrected chi connectivity index (χ4v) is 3.63. The molecule has 4 rings (SSSR count). The molecule has 0 spiro atoms. The van der Waals surface area contributed by atoms with Crippen LogP contribution in [0.15, 0.2) is 18.3 Å². The van der Waals surface area contributed by atoms with Crippen molar-refractivity contribution in [3.8, 4) is 0 Å². The molecule has 0 radical (unpaired) electrons. The lowest BCUT2D eigenvalue weighted by atomic mass is 10.0. The number of piperazine rings is 1. The number of pyridine rings is 1.